The van der Waals surface area contributed by atoms with Gasteiger partial charge in [-0.15, -0.1) is 0 Å². The normalized spacial score (nSPS) is 10.1. The average Bonchev–Trinajstić information content (AvgIpc) is 2.45. The Morgan fingerprint density at radius 2 is 1.74 bits per heavy atom. The first-order valence-electron chi connectivity index (χ1n) is 5.82. The number of halogens is 1. The maximum Gasteiger partial charge on any atom is 0.165 e. The highest BCUT2D eigenvalue weighted by atomic mass is 19.1. The third-order valence-electron chi connectivity index (χ3n) is 2.66. The largest absolute Gasteiger partial charge is 0.497 e. The first kappa shape index (κ1) is 13.2. The molecule has 0 unspecified atom stereocenters. The second-order valence-corrected chi connectivity index (χ2v) is 3.94. The minimum absolute atomic E-state index is 0.227. The lowest BCUT2D eigenvalue weighted by atomic mass is 10.2. The van der Waals surface area contributed by atoms with E-state index in [4.69, 9.17) is 14.2 Å². The average molecular weight is 262 g/mol. The Kier molecular flexibility index (Phi) is 4.23. The fourth-order valence-electron chi connectivity index (χ4n) is 1.66. The predicted molar refractivity (Wildman–Crippen MR) is 70.3 cm³/mol. The van der Waals surface area contributed by atoms with Gasteiger partial charge in [0.25, 0.3) is 0 Å². The van der Waals surface area contributed by atoms with Crippen LogP contribution in [0.1, 0.15) is 5.56 Å². The van der Waals surface area contributed by atoms with Gasteiger partial charge in [0.15, 0.2) is 11.6 Å². The van der Waals surface area contributed by atoms with Crippen LogP contribution in [0.25, 0.3) is 0 Å². The van der Waals surface area contributed by atoms with Crippen LogP contribution in [-0.4, -0.2) is 14.2 Å². The minimum Gasteiger partial charge on any atom is -0.497 e. The lowest BCUT2D eigenvalue weighted by Crippen LogP contribution is -1.97. The number of methoxy groups -OCH3 is 2. The summed E-state index contributed by atoms with van der Waals surface area (Å²) in [6, 6.07) is 12.0. The van der Waals surface area contributed by atoms with Crippen LogP contribution in [0.2, 0.25) is 0 Å². The van der Waals surface area contributed by atoms with Crippen LogP contribution in [0.3, 0.4) is 0 Å². The Balaban J connectivity index is 2.03. The van der Waals surface area contributed by atoms with Gasteiger partial charge in [0.2, 0.25) is 0 Å². The van der Waals surface area contributed by atoms with Gasteiger partial charge in [0.05, 0.1) is 14.2 Å². The molecule has 0 bridgehead atoms. The minimum atomic E-state index is -0.394. The molecule has 2 rings (SSSR count). The molecule has 0 heterocycles. The van der Waals surface area contributed by atoms with Crippen molar-refractivity contribution in [3.8, 4) is 17.2 Å². The zero-order valence-corrected chi connectivity index (χ0v) is 10.9. The van der Waals surface area contributed by atoms with Gasteiger partial charge in [0.1, 0.15) is 18.1 Å². The molecular formula is C15H15FO3. The zero-order chi connectivity index (χ0) is 13.7. The van der Waals surface area contributed by atoms with Gasteiger partial charge < -0.3 is 14.2 Å². The van der Waals surface area contributed by atoms with Crippen LogP contribution < -0.4 is 14.2 Å². The first-order valence-corrected chi connectivity index (χ1v) is 5.82. The molecule has 4 heteroatoms. The molecule has 19 heavy (non-hydrogen) atoms. The quantitative estimate of drug-likeness (QED) is 0.826. The second kappa shape index (κ2) is 6.09. The molecule has 3 nitrogen and oxygen atoms in total. The smallest absolute Gasteiger partial charge is 0.165 e. The molecule has 0 aromatic heterocycles. The van der Waals surface area contributed by atoms with E-state index in [0.717, 1.165) is 11.3 Å². The monoisotopic (exact) mass is 262 g/mol. The first-order chi connectivity index (χ1) is 9.22. The highest BCUT2D eigenvalue weighted by molar-refractivity contribution is 5.33. The SMILES string of the molecule is COc1cccc(OCc2ccc(OC)c(F)c2)c1. The van der Waals surface area contributed by atoms with Crippen LogP contribution in [0.4, 0.5) is 4.39 Å². The third-order valence-corrected chi connectivity index (χ3v) is 2.66. The summed E-state index contributed by atoms with van der Waals surface area (Å²) >= 11 is 0. The standard InChI is InChI=1S/C15H15FO3/c1-17-12-4-3-5-13(9-12)19-10-11-6-7-15(18-2)14(16)8-11/h3-9H,10H2,1-2H3. The van der Waals surface area contributed by atoms with Gasteiger partial charge in [-0.3, -0.25) is 0 Å². The van der Waals surface area contributed by atoms with Crippen LogP contribution in [0.15, 0.2) is 42.5 Å². The van der Waals surface area contributed by atoms with E-state index in [9.17, 15) is 4.39 Å². The Hall–Kier alpha value is -2.23. The van der Waals surface area contributed by atoms with E-state index in [1.807, 2.05) is 18.2 Å². The molecule has 2 aromatic rings. The van der Waals surface area contributed by atoms with Gasteiger partial charge in [-0.2, -0.15) is 0 Å². The summed E-state index contributed by atoms with van der Waals surface area (Å²) in [7, 11) is 3.03. The molecule has 0 aliphatic heterocycles. The van der Waals surface area contributed by atoms with Crippen molar-refractivity contribution in [3.63, 3.8) is 0 Å². The van der Waals surface area contributed by atoms with Gasteiger partial charge in [0, 0.05) is 6.07 Å². The lowest BCUT2D eigenvalue weighted by Gasteiger charge is -2.09. The molecular weight excluding hydrogens is 247 g/mol. The molecule has 2 aromatic carbocycles. The van der Waals surface area contributed by atoms with Crippen LogP contribution >= 0.6 is 0 Å². The molecule has 0 saturated heterocycles. The van der Waals surface area contributed by atoms with Gasteiger partial charge in [-0.05, 0) is 29.8 Å². The van der Waals surface area contributed by atoms with Crippen molar-refractivity contribution in [2.45, 2.75) is 6.61 Å². The summed E-state index contributed by atoms with van der Waals surface area (Å²) in [4.78, 5) is 0. The van der Waals surface area contributed by atoms with Crippen LogP contribution in [0, 0.1) is 5.82 Å². The van der Waals surface area contributed by atoms with E-state index in [1.54, 1.807) is 25.3 Å². The fraction of sp³-hybridized carbons (Fsp3) is 0.200. The highest BCUT2D eigenvalue weighted by Crippen LogP contribution is 2.21. The number of hydrogen-bond acceptors (Lipinski definition) is 3. The van der Waals surface area contributed by atoms with E-state index in [0.29, 0.717) is 5.75 Å². The highest BCUT2D eigenvalue weighted by Gasteiger charge is 2.04. The van der Waals surface area contributed by atoms with Crippen molar-refractivity contribution < 1.29 is 18.6 Å². The van der Waals surface area contributed by atoms with Gasteiger partial charge >= 0.3 is 0 Å². The van der Waals surface area contributed by atoms with Gasteiger partial charge in [-0.1, -0.05) is 12.1 Å². The maximum atomic E-state index is 13.5. The number of benzene rings is 2. The third kappa shape index (κ3) is 3.37. The van der Waals surface area contributed by atoms with E-state index in [2.05, 4.69) is 0 Å². The Bertz CT molecular complexity index is 555. The molecule has 0 amide bonds. The summed E-state index contributed by atoms with van der Waals surface area (Å²) in [6.07, 6.45) is 0. The Morgan fingerprint density at radius 3 is 2.42 bits per heavy atom. The molecule has 0 aliphatic rings. The van der Waals surface area contributed by atoms with Crippen molar-refractivity contribution >= 4 is 0 Å². The van der Waals surface area contributed by atoms with Crippen molar-refractivity contribution in [2.75, 3.05) is 14.2 Å². The van der Waals surface area contributed by atoms with E-state index >= 15 is 0 Å². The van der Waals surface area contributed by atoms with Crippen molar-refractivity contribution in [2.24, 2.45) is 0 Å². The van der Waals surface area contributed by atoms with Gasteiger partial charge in [-0.25, -0.2) is 4.39 Å². The summed E-state index contributed by atoms with van der Waals surface area (Å²) in [5, 5.41) is 0. The van der Waals surface area contributed by atoms with Crippen molar-refractivity contribution in [1.29, 1.82) is 0 Å². The Morgan fingerprint density at radius 1 is 0.947 bits per heavy atom. The molecule has 100 valence electrons. The Labute approximate surface area is 111 Å². The van der Waals surface area contributed by atoms with E-state index in [-0.39, 0.29) is 12.4 Å². The molecule has 0 N–H and O–H groups in total. The molecule has 0 radical (unpaired) electrons. The second-order valence-electron chi connectivity index (χ2n) is 3.94. The van der Waals surface area contributed by atoms with Crippen LogP contribution in [-0.2, 0) is 6.61 Å². The number of rotatable bonds is 5. The molecule has 0 fully saturated rings. The number of ether oxygens (including phenoxy) is 3. The number of hydrogen-bond donors (Lipinski definition) is 0. The zero-order valence-electron chi connectivity index (χ0n) is 10.9. The topological polar surface area (TPSA) is 27.7 Å². The summed E-state index contributed by atoms with van der Waals surface area (Å²) < 4.78 is 29.0. The van der Waals surface area contributed by atoms with Crippen molar-refractivity contribution in [3.05, 3.63) is 53.8 Å². The lowest BCUT2D eigenvalue weighted by molar-refractivity contribution is 0.302. The molecule has 0 saturated carbocycles. The van der Waals surface area contributed by atoms with E-state index < -0.39 is 5.82 Å². The fourth-order valence-corrected chi connectivity index (χ4v) is 1.66. The van der Waals surface area contributed by atoms with Crippen molar-refractivity contribution in [1.82, 2.24) is 0 Å². The molecule has 0 aliphatic carbocycles. The molecule has 0 spiro atoms. The maximum absolute atomic E-state index is 13.5. The predicted octanol–water partition coefficient (Wildman–Crippen LogP) is 3.42. The molecule has 0 atom stereocenters. The summed E-state index contributed by atoms with van der Waals surface area (Å²) in [5.41, 5.74) is 0.737. The summed E-state index contributed by atoms with van der Waals surface area (Å²) in [6.45, 7) is 0.286. The summed E-state index contributed by atoms with van der Waals surface area (Å²) in [5.74, 6) is 1.23. The van der Waals surface area contributed by atoms with Crippen LogP contribution in [0.5, 0.6) is 17.2 Å². The van der Waals surface area contributed by atoms with E-state index in [1.165, 1.54) is 13.2 Å².